The van der Waals surface area contributed by atoms with Gasteiger partial charge in [-0.3, -0.25) is 14.9 Å². The minimum absolute atomic E-state index is 0.154. The molecule has 1 heterocycles. The van der Waals surface area contributed by atoms with Crippen molar-refractivity contribution in [1.82, 2.24) is 9.55 Å². The number of nitro groups is 1. The second-order valence-electron chi connectivity index (χ2n) is 3.81. The Bertz CT molecular complexity index is 738. The molecule has 0 amide bonds. The Morgan fingerprint density at radius 2 is 2.17 bits per heavy atom. The van der Waals surface area contributed by atoms with E-state index in [2.05, 4.69) is 11.6 Å². The van der Waals surface area contributed by atoms with Crippen molar-refractivity contribution in [3.8, 4) is 0 Å². The van der Waals surface area contributed by atoms with Gasteiger partial charge in [-0.05, 0) is 13.0 Å². The molecule has 2 rings (SSSR count). The molecule has 2 aromatic rings. The lowest BCUT2D eigenvalue weighted by molar-refractivity contribution is -0.384. The van der Waals surface area contributed by atoms with Gasteiger partial charge in [0.2, 0.25) is 0 Å². The smallest absolute Gasteiger partial charge is 0.305 e. The number of H-pyrrole nitrogens is 1. The number of carbonyl (C=O) groups excluding carboxylic acids is 1. The van der Waals surface area contributed by atoms with E-state index in [1.54, 1.807) is 0 Å². The number of imidazole rings is 1. The Morgan fingerprint density at radius 1 is 1.50 bits per heavy atom. The maximum atomic E-state index is 11.8. The van der Waals surface area contributed by atoms with Crippen LogP contribution >= 0.6 is 0 Å². The Hall–Kier alpha value is -2.70. The lowest BCUT2D eigenvalue weighted by atomic mass is 10.2. The molecule has 0 aliphatic rings. The molecule has 0 unspecified atom stereocenters. The third-order valence-electron chi connectivity index (χ3n) is 2.44. The zero-order valence-electron chi connectivity index (χ0n) is 9.47. The number of aromatic amines is 1. The highest BCUT2D eigenvalue weighted by Crippen LogP contribution is 2.18. The molecule has 92 valence electrons. The number of nitrogens with one attached hydrogen (secondary N) is 1. The first kappa shape index (κ1) is 11.8. The van der Waals surface area contributed by atoms with Crippen LogP contribution in [0.4, 0.5) is 5.69 Å². The van der Waals surface area contributed by atoms with Crippen molar-refractivity contribution >= 4 is 22.6 Å². The van der Waals surface area contributed by atoms with E-state index in [9.17, 15) is 19.7 Å². The zero-order valence-corrected chi connectivity index (χ0v) is 9.47. The maximum absolute atomic E-state index is 11.8. The zero-order chi connectivity index (χ0) is 13.4. The van der Waals surface area contributed by atoms with E-state index in [1.165, 1.54) is 25.1 Å². The van der Waals surface area contributed by atoms with Crippen LogP contribution in [0, 0.1) is 10.1 Å². The molecule has 7 heteroatoms. The van der Waals surface area contributed by atoms with E-state index >= 15 is 0 Å². The quantitative estimate of drug-likeness (QED) is 0.493. The van der Waals surface area contributed by atoms with Crippen LogP contribution in [0.25, 0.3) is 11.0 Å². The number of aromatic nitrogens is 2. The SMILES string of the molecule is C=C(C)C(=O)n1c(=O)[nH]c2cc([N+](=O)[O-])ccc21. The van der Waals surface area contributed by atoms with Crippen LogP contribution < -0.4 is 5.69 Å². The van der Waals surface area contributed by atoms with E-state index in [0.29, 0.717) is 5.52 Å². The summed E-state index contributed by atoms with van der Waals surface area (Å²) in [6.07, 6.45) is 0. The minimum Gasteiger partial charge on any atom is -0.305 e. The molecule has 0 aliphatic carbocycles. The average molecular weight is 247 g/mol. The summed E-state index contributed by atoms with van der Waals surface area (Å²) in [5.74, 6) is -0.542. The van der Waals surface area contributed by atoms with Crippen molar-refractivity contribution in [2.75, 3.05) is 0 Å². The van der Waals surface area contributed by atoms with Crippen molar-refractivity contribution < 1.29 is 9.72 Å². The normalized spacial score (nSPS) is 10.5. The number of allylic oxidation sites excluding steroid dienone is 1. The number of fused-ring (bicyclic) bond motifs is 1. The second-order valence-corrected chi connectivity index (χ2v) is 3.81. The predicted octanol–water partition coefficient (Wildman–Crippen LogP) is 1.45. The van der Waals surface area contributed by atoms with Gasteiger partial charge in [-0.1, -0.05) is 6.58 Å². The van der Waals surface area contributed by atoms with Gasteiger partial charge in [-0.15, -0.1) is 0 Å². The van der Waals surface area contributed by atoms with E-state index < -0.39 is 16.5 Å². The number of nitrogens with zero attached hydrogens (tertiary/aromatic N) is 2. The molecule has 7 nitrogen and oxygen atoms in total. The molecule has 0 fully saturated rings. The van der Waals surface area contributed by atoms with Crippen LogP contribution in [0.15, 0.2) is 35.1 Å². The van der Waals surface area contributed by atoms with E-state index in [1.807, 2.05) is 0 Å². The molecule has 0 saturated heterocycles. The highest BCUT2D eigenvalue weighted by atomic mass is 16.6. The van der Waals surface area contributed by atoms with Crippen molar-refractivity contribution in [2.24, 2.45) is 0 Å². The first-order valence-electron chi connectivity index (χ1n) is 5.01. The molecule has 1 N–H and O–H groups in total. The summed E-state index contributed by atoms with van der Waals surface area (Å²) >= 11 is 0. The lowest BCUT2D eigenvalue weighted by Gasteiger charge is -2.00. The molecule has 18 heavy (non-hydrogen) atoms. The number of rotatable bonds is 2. The van der Waals surface area contributed by atoms with Crippen LogP contribution in [0.1, 0.15) is 11.7 Å². The number of carbonyl (C=O) groups is 1. The van der Waals surface area contributed by atoms with Gasteiger partial charge in [0, 0.05) is 17.7 Å². The summed E-state index contributed by atoms with van der Waals surface area (Å²) in [5.41, 5.74) is -0.0593. The molecule has 0 aliphatic heterocycles. The fourth-order valence-corrected chi connectivity index (χ4v) is 1.61. The monoisotopic (exact) mass is 247 g/mol. The Balaban J connectivity index is 2.74. The topological polar surface area (TPSA) is 98.0 Å². The van der Waals surface area contributed by atoms with Crippen LogP contribution in [0.5, 0.6) is 0 Å². The molecular weight excluding hydrogens is 238 g/mol. The summed E-state index contributed by atoms with van der Waals surface area (Å²) in [4.78, 5) is 35.8. The van der Waals surface area contributed by atoms with Crippen molar-refractivity contribution in [2.45, 2.75) is 6.92 Å². The molecule has 0 spiro atoms. The third kappa shape index (κ3) is 1.71. The van der Waals surface area contributed by atoms with Crippen molar-refractivity contribution in [1.29, 1.82) is 0 Å². The molecule has 0 saturated carbocycles. The summed E-state index contributed by atoms with van der Waals surface area (Å²) in [6.45, 7) is 4.96. The molecule has 1 aromatic heterocycles. The number of non-ortho nitro benzene ring substituents is 1. The highest BCUT2D eigenvalue weighted by Gasteiger charge is 2.16. The first-order valence-corrected chi connectivity index (χ1v) is 5.01. The molecule has 0 atom stereocenters. The van der Waals surface area contributed by atoms with Gasteiger partial charge in [-0.2, -0.15) is 0 Å². The number of nitro benzene ring substituents is 1. The molecule has 0 bridgehead atoms. The van der Waals surface area contributed by atoms with Gasteiger partial charge in [0.1, 0.15) is 0 Å². The lowest BCUT2D eigenvalue weighted by Crippen LogP contribution is -2.24. The Labute approximate surface area is 100 Å². The van der Waals surface area contributed by atoms with Crippen molar-refractivity contribution in [3.05, 3.63) is 50.9 Å². The van der Waals surface area contributed by atoms with Gasteiger partial charge < -0.3 is 4.98 Å². The fourth-order valence-electron chi connectivity index (χ4n) is 1.61. The van der Waals surface area contributed by atoms with Gasteiger partial charge >= 0.3 is 5.69 Å². The average Bonchev–Trinajstić information content (AvgIpc) is 2.62. The van der Waals surface area contributed by atoms with Crippen LogP contribution in [0.2, 0.25) is 0 Å². The second kappa shape index (κ2) is 3.95. The largest absolute Gasteiger partial charge is 0.333 e. The number of hydrogen-bond donors (Lipinski definition) is 1. The van der Waals surface area contributed by atoms with Crippen LogP contribution in [0.3, 0.4) is 0 Å². The third-order valence-corrected chi connectivity index (χ3v) is 2.44. The van der Waals surface area contributed by atoms with Crippen LogP contribution in [-0.2, 0) is 0 Å². The summed E-state index contributed by atoms with van der Waals surface area (Å²) in [5, 5.41) is 10.6. The van der Waals surface area contributed by atoms with E-state index in [-0.39, 0.29) is 16.8 Å². The molecule has 1 aromatic carbocycles. The standard InChI is InChI=1S/C11H9N3O4/c1-6(2)10(15)13-9-4-3-7(14(17)18)5-8(9)12-11(13)16/h3-5H,1H2,2H3,(H,12,16). The fraction of sp³-hybridized carbons (Fsp3) is 0.0909. The van der Waals surface area contributed by atoms with Gasteiger partial charge in [0.25, 0.3) is 11.6 Å². The number of hydrogen-bond acceptors (Lipinski definition) is 4. The maximum Gasteiger partial charge on any atom is 0.333 e. The van der Waals surface area contributed by atoms with Gasteiger partial charge in [0.15, 0.2) is 0 Å². The van der Waals surface area contributed by atoms with Gasteiger partial charge in [0.05, 0.1) is 16.0 Å². The summed E-state index contributed by atoms with van der Waals surface area (Å²) in [7, 11) is 0. The minimum atomic E-state index is -0.640. The van der Waals surface area contributed by atoms with Crippen LogP contribution in [-0.4, -0.2) is 20.4 Å². The number of benzene rings is 1. The van der Waals surface area contributed by atoms with Crippen molar-refractivity contribution in [3.63, 3.8) is 0 Å². The van der Waals surface area contributed by atoms with Gasteiger partial charge in [-0.25, -0.2) is 9.36 Å². The first-order chi connectivity index (χ1) is 8.41. The van der Waals surface area contributed by atoms with E-state index in [0.717, 1.165) is 4.57 Å². The Kier molecular flexibility index (Phi) is 2.59. The molecule has 0 radical (unpaired) electrons. The summed E-state index contributed by atoms with van der Waals surface area (Å²) in [6, 6.07) is 3.79. The predicted molar refractivity (Wildman–Crippen MR) is 64.7 cm³/mol. The Morgan fingerprint density at radius 3 is 2.72 bits per heavy atom. The van der Waals surface area contributed by atoms with E-state index in [4.69, 9.17) is 0 Å². The highest BCUT2D eigenvalue weighted by molar-refractivity contribution is 6.00. The summed E-state index contributed by atoms with van der Waals surface area (Å²) < 4.78 is 0.904. The molecular formula is C11H9N3O4.